The van der Waals surface area contributed by atoms with Crippen molar-refractivity contribution in [1.29, 1.82) is 0 Å². The van der Waals surface area contributed by atoms with Crippen LogP contribution in [0.1, 0.15) is 1.43 Å². The Balaban J connectivity index is 0. The van der Waals surface area contributed by atoms with Gasteiger partial charge in [0, 0.05) is 0 Å². The highest BCUT2D eigenvalue weighted by atomic mass is 35.6. The van der Waals surface area contributed by atoms with Crippen LogP contribution in [0.15, 0.2) is 0 Å². The monoisotopic (exact) mass is 149 g/mol. The van der Waals surface area contributed by atoms with Crippen molar-refractivity contribution < 1.29 is 1.43 Å². The third-order valence-electron chi connectivity index (χ3n) is 0. The van der Waals surface area contributed by atoms with Gasteiger partial charge >= 0.3 is 1.43 Å². The van der Waals surface area contributed by atoms with E-state index in [1.807, 2.05) is 0 Å². The number of hydrogen-bond donors (Lipinski definition) is 0. The molecule has 0 aliphatic rings. The maximum atomic E-state index is 5.12. The van der Waals surface area contributed by atoms with Gasteiger partial charge in [-0.2, -0.15) is 0 Å². The number of alkyl halides is 3. The van der Waals surface area contributed by atoms with Crippen LogP contribution >= 0.6 is 34.8 Å². The molecule has 32 valence electrons. The van der Waals surface area contributed by atoms with Gasteiger partial charge in [-0.3, -0.25) is 0 Å². The van der Waals surface area contributed by atoms with Crippen LogP contribution in [0.5, 0.6) is 0 Å². The van der Waals surface area contributed by atoms with E-state index in [0.717, 1.165) is 0 Å². The molecule has 0 rings (SSSR count). The Labute approximate surface area is 50.3 Å². The highest BCUT2D eigenvalue weighted by molar-refractivity contribution is 6.81. The van der Waals surface area contributed by atoms with Crippen molar-refractivity contribution in [3.05, 3.63) is 0 Å². The number of rotatable bonds is 0. The lowest BCUT2D eigenvalue weighted by Crippen LogP contribution is -1.96. The van der Waals surface area contributed by atoms with Crippen molar-refractivity contribution in [3.8, 4) is 0 Å². The lowest BCUT2D eigenvalue weighted by molar-refractivity contribution is 1.75. The normalized spacial score (nSPS) is 12.6. The summed E-state index contributed by atoms with van der Waals surface area (Å²) in [7, 11) is 0.604. The minimum atomic E-state index is -0.944. The van der Waals surface area contributed by atoms with Gasteiger partial charge in [-0.15, -0.1) is 0 Å². The standard InChI is InChI=1S/CH3Cl3Si/c2-1(3,4)5/h5H3/p+1. The Bertz CT molecular complexity index is 26.3. The molecule has 0 aromatic heterocycles. The zero-order chi connectivity index (χ0) is 4.50. The van der Waals surface area contributed by atoms with E-state index < -0.39 is 3.42 Å². The fourth-order valence-electron chi connectivity index (χ4n) is 0. The zero-order valence-electron chi connectivity index (χ0n) is 3.63. The van der Waals surface area contributed by atoms with Crippen LogP contribution in [-0.4, -0.2) is 13.7 Å². The predicted octanol–water partition coefficient (Wildman–Crippen LogP) is 0.792. The molecular formula is CH4Cl3Si+. The first kappa shape index (κ1) is 6.09. The topological polar surface area (TPSA) is 0 Å². The lowest BCUT2D eigenvalue weighted by Gasteiger charge is -1.94. The van der Waals surface area contributed by atoms with E-state index in [1.54, 1.807) is 0 Å². The van der Waals surface area contributed by atoms with Crippen LogP contribution in [0.4, 0.5) is 0 Å². The smallest absolute Gasteiger partial charge is 0.0894 e. The van der Waals surface area contributed by atoms with Crippen LogP contribution in [0, 0.1) is 0 Å². The zero-order valence-corrected chi connectivity index (χ0v) is 6.90. The van der Waals surface area contributed by atoms with E-state index in [4.69, 9.17) is 34.8 Å². The van der Waals surface area contributed by atoms with Gasteiger partial charge in [-0.25, -0.2) is 0 Å². The minimum absolute atomic E-state index is 0. The van der Waals surface area contributed by atoms with E-state index in [9.17, 15) is 0 Å². The third-order valence-corrected chi connectivity index (χ3v) is 0. The highest BCUT2D eigenvalue weighted by Gasteiger charge is 2.06. The maximum absolute atomic E-state index is 5.12. The molecule has 0 N–H and O–H groups in total. The van der Waals surface area contributed by atoms with E-state index in [1.165, 1.54) is 0 Å². The molecule has 0 amide bonds. The van der Waals surface area contributed by atoms with Crippen molar-refractivity contribution in [1.82, 2.24) is 0 Å². The van der Waals surface area contributed by atoms with Gasteiger partial charge < -0.3 is 0 Å². The van der Waals surface area contributed by atoms with Crippen LogP contribution in [0.25, 0.3) is 0 Å². The molecule has 0 aromatic rings. The fourth-order valence-corrected chi connectivity index (χ4v) is 0. The molecule has 0 aromatic carbocycles. The molecule has 0 unspecified atom stereocenters. The van der Waals surface area contributed by atoms with Gasteiger partial charge in [0.1, 0.15) is 0 Å². The van der Waals surface area contributed by atoms with Gasteiger partial charge in [0.05, 0.1) is 10.2 Å². The number of hydrogen-bond acceptors (Lipinski definition) is 0. The van der Waals surface area contributed by atoms with Crippen LogP contribution in [0.3, 0.4) is 0 Å². The summed E-state index contributed by atoms with van der Waals surface area (Å²) in [5.41, 5.74) is 0. The van der Waals surface area contributed by atoms with Crippen molar-refractivity contribution >= 4 is 45.0 Å². The molecule has 0 nitrogen and oxygen atoms in total. The summed E-state index contributed by atoms with van der Waals surface area (Å²) in [6, 6.07) is 0. The largest absolute Gasteiger partial charge is 1.00 e. The molecule has 0 spiro atoms. The van der Waals surface area contributed by atoms with Crippen molar-refractivity contribution in [3.63, 3.8) is 0 Å². The van der Waals surface area contributed by atoms with E-state index in [-0.39, 0.29) is 1.43 Å². The molecule has 0 heterocycles. The summed E-state index contributed by atoms with van der Waals surface area (Å²) in [4.78, 5) is 0. The van der Waals surface area contributed by atoms with Gasteiger partial charge in [-0.05, 0) is 0 Å². The summed E-state index contributed by atoms with van der Waals surface area (Å²) in [6.07, 6.45) is 0. The van der Waals surface area contributed by atoms with E-state index in [2.05, 4.69) is 0 Å². The molecule has 0 fully saturated rings. The van der Waals surface area contributed by atoms with E-state index >= 15 is 0 Å². The molecule has 0 bridgehead atoms. The van der Waals surface area contributed by atoms with Crippen LogP contribution in [-0.2, 0) is 0 Å². The molecule has 0 atom stereocenters. The summed E-state index contributed by atoms with van der Waals surface area (Å²) < 4.78 is -0.944. The van der Waals surface area contributed by atoms with Crippen LogP contribution < -0.4 is 0 Å². The molecule has 0 aliphatic carbocycles. The molecule has 5 heavy (non-hydrogen) atoms. The highest BCUT2D eigenvalue weighted by Crippen LogP contribution is 2.19. The first-order chi connectivity index (χ1) is 2.00. The first-order valence-electron chi connectivity index (χ1n) is 1.07. The molecule has 0 saturated heterocycles. The Morgan fingerprint density at radius 1 is 1.40 bits per heavy atom. The summed E-state index contributed by atoms with van der Waals surface area (Å²) in [6.45, 7) is 0. The SMILES string of the molecule is [H+].[SiH3]C(Cl)(Cl)Cl. The third kappa shape index (κ3) is 41.0. The minimum Gasteiger partial charge on any atom is -0.0894 e. The van der Waals surface area contributed by atoms with Crippen molar-refractivity contribution in [2.24, 2.45) is 0 Å². The average molecular weight is 150 g/mol. The second-order valence-electron chi connectivity index (χ2n) is 0.781. The van der Waals surface area contributed by atoms with Gasteiger partial charge in [0.15, 0.2) is 3.42 Å². The summed E-state index contributed by atoms with van der Waals surface area (Å²) >= 11 is 15.4. The average Bonchev–Trinajstić information content (AvgIpc) is 0.722. The molecule has 0 aliphatic heterocycles. The Kier molecular flexibility index (Phi) is 2.06. The molecule has 0 radical (unpaired) electrons. The van der Waals surface area contributed by atoms with Crippen molar-refractivity contribution in [2.75, 3.05) is 0 Å². The maximum Gasteiger partial charge on any atom is 1.00 e. The summed E-state index contributed by atoms with van der Waals surface area (Å²) in [5, 5.41) is 0. The summed E-state index contributed by atoms with van der Waals surface area (Å²) in [5.74, 6) is 0. The Hall–Kier alpha value is 1.09. The van der Waals surface area contributed by atoms with Gasteiger partial charge in [-0.1, -0.05) is 34.8 Å². The fraction of sp³-hybridized carbons (Fsp3) is 1.00. The number of halogens is 3. The lowest BCUT2D eigenvalue weighted by atomic mass is 11.8. The van der Waals surface area contributed by atoms with Crippen molar-refractivity contribution in [2.45, 2.75) is 3.42 Å². The van der Waals surface area contributed by atoms with E-state index in [0.29, 0.717) is 10.2 Å². The Morgan fingerprint density at radius 2 is 1.40 bits per heavy atom. The van der Waals surface area contributed by atoms with Gasteiger partial charge in [0.2, 0.25) is 0 Å². The molecule has 0 saturated carbocycles. The predicted molar refractivity (Wildman–Crippen MR) is 31.3 cm³/mol. The molecule has 4 heteroatoms. The van der Waals surface area contributed by atoms with Gasteiger partial charge in [0.25, 0.3) is 0 Å². The second-order valence-corrected chi connectivity index (χ2v) is 7.03. The first-order valence-corrected chi connectivity index (χ1v) is 3.20. The molecular weight excluding hydrogens is 146 g/mol. The Morgan fingerprint density at radius 3 is 1.40 bits per heavy atom. The van der Waals surface area contributed by atoms with Crippen LogP contribution in [0.2, 0.25) is 0 Å². The second kappa shape index (κ2) is 1.69. The quantitative estimate of drug-likeness (QED) is 0.354.